The third-order valence-corrected chi connectivity index (χ3v) is 4.77. The molecule has 0 radical (unpaired) electrons. The second-order valence-electron chi connectivity index (χ2n) is 5.66. The van der Waals surface area contributed by atoms with Gasteiger partial charge in [-0.25, -0.2) is 4.79 Å². The van der Waals surface area contributed by atoms with Crippen molar-refractivity contribution in [3.05, 3.63) is 36.5 Å². The van der Waals surface area contributed by atoms with Crippen molar-refractivity contribution in [2.45, 2.75) is 31.5 Å². The molecule has 18 heavy (non-hydrogen) atoms. The van der Waals surface area contributed by atoms with Crippen molar-refractivity contribution in [3.63, 3.8) is 0 Å². The Hall–Kier alpha value is -1.35. The predicted octanol–water partition coefficient (Wildman–Crippen LogP) is 1.99. The van der Waals surface area contributed by atoms with Crippen LogP contribution < -0.4 is 0 Å². The molecule has 0 amide bonds. The third-order valence-electron chi connectivity index (χ3n) is 4.77. The molecule has 3 heteroatoms. The van der Waals surface area contributed by atoms with Crippen molar-refractivity contribution >= 4 is 5.97 Å². The van der Waals surface area contributed by atoms with Crippen molar-refractivity contribution in [1.29, 1.82) is 0 Å². The summed E-state index contributed by atoms with van der Waals surface area (Å²) < 4.78 is 5.49. The molecule has 3 rings (SSSR count). The standard InChI is InChI=1S/C15H18O3/c1-7-4-5-10-8(2)15(17)18-14(10)13-9(3)12(16)6-11(7)13/h10-14,16H,1-6H2/t10?,11-,12?,13-,14?/m0/s1. The highest BCUT2D eigenvalue weighted by molar-refractivity contribution is 5.91. The van der Waals surface area contributed by atoms with Crippen LogP contribution in [-0.2, 0) is 9.53 Å². The topological polar surface area (TPSA) is 46.5 Å². The molecular formula is C15H18O3. The molecule has 1 aliphatic heterocycles. The normalized spacial score (nSPS) is 43.5. The Morgan fingerprint density at radius 3 is 2.67 bits per heavy atom. The van der Waals surface area contributed by atoms with Gasteiger partial charge in [-0.3, -0.25) is 0 Å². The van der Waals surface area contributed by atoms with E-state index in [9.17, 15) is 9.90 Å². The summed E-state index contributed by atoms with van der Waals surface area (Å²) >= 11 is 0. The molecule has 1 saturated heterocycles. The minimum Gasteiger partial charge on any atom is -0.458 e. The predicted molar refractivity (Wildman–Crippen MR) is 67.6 cm³/mol. The van der Waals surface area contributed by atoms with Gasteiger partial charge in [-0.15, -0.1) is 0 Å². The number of carbonyl (C=O) groups excluding carboxylic acids is 1. The first-order valence-corrected chi connectivity index (χ1v) is 6.45. The van der Waals surface area contributed by atoms with Crippen molar-refractivity contribution in [2.75, 3.05) is 0 Å². The number of fused-ring (bicyclic) bond motifs is 3. The molecule has 1 heterocycles. The average Bonchev–Trinajstić information content (AvgIpc) is 2.72. The van der Waals surface area contributed by atoms with Crippen molar-refractivity contribution in [2.24, 2.45) is 17.8 Å². The van der Waals surface area contributed by atoms with Crippen LogP contribution in [0, 0.1) is 17.8 Å². The fraction of sp³-hybridized carbons (Fsp3) is 0.533. The van der Waals surface area contributed by atoms with Gasteiger partial charge in [0.05, 0.1) is 6.10 Å². The van der Waals surface area contributed by atoms with Crippen LogP contribution in [0.3, 0.4) is 0 Å². The largest absolute Gasteiger partial charge is 0.458 e. The first-order valence-electron chi connectivity index (χ1n) is 6.45. The number of hydrogen-bond donors (Lipinski definition) is 1. The van der Waals surface area contributed by atoms with Crippen LogP contribution in [0.5, 0.6) is 0 Å². The van der Waals surface area contributed by atoms with Gasteiger partial charge in [0.15, 0.2) is 0 Å². The Morgan fingerprint density at radius 1 is 1.22 bits per heavy atom. The lowest BCUT2D eigenvalue weighted by atomic mass is 9.82. The minimum absolute atomic E-state index is 0.0169. The van der Waals surface area contributed by atoms with Crippen molar-refractivity contribution in [1.82, 2.24) is 0 Å². The molecule has 0 aromatic heterocycles. The van der Waals surface area contributed by atoms with Gasteiger partial charge in [-0.05, 0) is 30.8 Å². The second-order valence-corrected chi connectivity index (χ2v) is 5.66. The Bertz CT molecular complexity index is 462. The fourth-order valence-electron chi connectivity index (χ4n) is 3.70. The van der Waals surface area contributed by atoms with Gasteiger partial charge in [0.1, 0.15) is 6.10 Å². The van der Waals surface area contributed by atoms with Crippen LogP contribution in [-0.4, -0.2) is 23.3 Å². The molecule has 0 aromatic carbocycles. The SMILES string of the molecule is C=C1C(=O)OC2C1CCC(=C)[C@@H]1CC(O)C(=C)[C@H]21. The van der Waals surface area contributed by atoms with Gasteiger partial charge in [0, 0.05) is 17.4 Å². The van der Waals surface area contributed by atoms with Gasteiger partial charge >= 0.3 is 5.97 Å². The smallest absolute Gasteiger partial charge is 0.334 e. The van der Waals surface area contributed by atoms with Crippen LogP contribution in [0.2, 0.25) is 0 Å². The molecular weight excluding hydrogens is 228 g/mol. The zero-order valence-corrected chi connectivity index (χ0v) is 10.4. The fourth-order valence-corrected chi connectivity index (χ4v) is 3.70. The summed E-state index contributed by atoms with van der Waals surface area (Å²) in [7, 11) is 0. The van der Waals surface area contributed by atoms with Gasteiger partial charge in [0.2, 0.25) is 0 Å². The molecule has 96 valence electrons. The molecule has 1 N–H and O–H groups in total. The van der Waals surface area contributed by atoms with Gasteiger partial charge in [-0.1, -0.05) is 25.3 Å². The zero-order chi connectivity index (χ0) is 13.0. The van der Waals surface area contributed by atoms with Crippen LogP contribution in [0.15, 0.2) is 36.5 Å². The maximum atomic E-state index is 11.7. The molecule has 5 atom stereocenters. The van der Waals surface area contributed by atoms with Gasteiger partial charge < -0.3 is 9.84 Å². The Labute approximate surface area is 107 Å². The van der Waals surface area contributed by atoms with Crippen LogP contribution in [0.4, 0.5) is 0 Å². The molecule has 3 nitrogen and oxygen atoms in total. The molecule has 0 bridgehead atoms. The van der Waals surface area contributed by atoms with E-state index in [0.717, 1.165) is 24.0 Å². The third kappa shape index (κ3) is 1.43. The molecule has 3 fully saturated rings. The quantitative estimate of drug-likeness (QED) is 0.404. The number of allylic oxidation sites excluding steroid dienone is 1. The summed E-state index contributed by atoms with van der Waals surface area (Å²) in [6, 6.07) is 0. The lowest BCUT2D eigenvalue weighted by molar-refractivity contribution is -0.141. The first-order chi connectivity index (χ1) is 8.50. The lowest BCUT2D eigenvalue weighted by Crippen LogP contribution is -2.29. The summed E-state index contributed by atoms with van der Waals surface area (Å²) in [5.41, 5.74) is 2.51. The molecule has 3 unspecified atom stereocenters. The lowest BCUT2D eigenvalue weighted by Gasteiger charge is -2.25. The molecule has 2 aliphatic carbocycles. The number of carbonyl (C=O) groups is 1. The van der Waals surface area contributed by atoms with E-state index in [1.54, 1.807) is 0 Å². The summed E-state index contributed by atoms with van der Waals surface area (Å²) in [6.45, 7) is 12.0. The highest BCUT2D eigenvalue weighted by Crippen LogP contribution is 2.51. The molecule has 0 spiro atoms. The number of aliphatic hydroxyl groups is 1. The second kappa shape index (κ2) is 3.82. The molecule has 0 aromatic rings. The van der Waals surface area contributed by atoms with Crippen LogP contribution in [0.1, 0.15) is 19.3 Å². The van der Waals surface area contributed by atoms with E-state index in [1.165, 1.54) is 0 Å². The van der Waals surface area contributed by atoms with Crippen molar-refractivity contribution < 1.29 is 14.6 Å². The Morgan fingerprint density at radius 2 is 1.94 bits per heavy atom. The number of esters is 1. The number of rotatable bonds is 0. The zero-order valence-electron chi connectivity index (χ0n) is 10.4. The van der Waals surface area contributed by atoms with E-state index < -0.39 is 6.10 Å². The van der Waals surface area contributed by atoms with Gasteiger partial charge in [0.25, 0.3) is 0 Å². The van der Waals surface area contributed by atoms with E-state index >= 15 is 0 Å². The van der Waals surface area contributed by atoms with Gasteiger partial charge in [-0.2, -0.15) is 0 Å². The summed E-state index contributed by atoms with van der Waals surface area (Å²) in [5.74, 6) is -0.0128. The average molecular weight is 246 g/mol. The van der Waals surface area contributed by atoms with E-state index in [4.69, 9.17) is 4.74 Å². The van der Waals surface area contributed by atoms with Crippen molar-refractivity contribution in [3.8, 4) is 0 Å². The highest BCUT2D eigenvalue weighted by atomic mass is 16.6. The first kappa shape index (κ1) is 11.7. The summed E-state index contributed by atoms with van der Waals surface area (Å²) in [5, 5.41) is 9.99. The van der Waals surface area contributed by atoms with E-state index in [1.807, 2.05) is 0 Å². The van der Waals surface area contributed by atoms with E-state index in [2.05, 4.69) is 19.7 Å². The molecule has 3 aliphatic rings. The van der Waals surface area contributed by atoms with E-state index in [-0.39, 0.29) is 29.8 Å². The maximum Gasteiger partial charge on any atom is 0.334 e. The maximum absolute atomic E-state index is 11.7. The summed E-state index contributed by atoms with van der Waals surface area (Å²) in [6.07, 6.45) is 1.71. The minimum atomic E-state index is -0.497. The number of ether oxygens (including phenoxy) is 1. The van der Waals surface area contributed by atoms with Crippen LogP contribution >= 0.6 is 0 Å². The molecule has 2 saturated carbocycles. The van der Waals surface area contributed by atoms with Crippen LogP contribution in [0.25, 0.3) is 0 Å². The highest BCUT2D eigenvalue weighted by Gasteiger charge is 2.52. The number of hydrogen-bond acceptors (Lipinski definition) is 3. The number of aliphatic hydroxyl groups excluding tert-OH is 1. The van der Waals surface area contributed by atoms with E-state index in [0.29, 0.717) is 12.0 Å². The summed E-state index contributed by atoms with van der Waals surface area (Å²) in [4.78, 5) is 11.7. The Balaban J connectivity index is 2.01. The Kier molecular flexibility index (Phi) is 2.49. The monoisotopic (exact) mass is 246 g/mol.